The predicted octanol–water partition coefficient (Wildman–Crippen LogP) is 4.15. The van der Waals surface area contributed by atoms with Crippen LogP contribution in [0.5, 0.6) is 23.0 Å². The molecule has 1 heterocycles. The van der Waals surface area contributed by atoms with Gasteiger partial charge in [0.2, 0.25) is 0 Å². The van der Waals surface area contributed by atoms with Crippen LogP contribution < -0.4 is 14.2 Å². The van der Waals surface area contributed by atoms with Crippen molar-refractivity contribution in [1.82, 2.24) is 4.98 Å². The minimum Gasteiger partial charge on any atom is -0.496 e. The van der Waals surface area contributed by atoms with Gasteiger partial charge in [0.05, 0.1) is 32.8 Å². The average Bonchev–Trinajstić information content (AvgIpc) is 2.69. The first-order valence-electron chi connectivity index (χ1n) is 8.57. The molecule has 3 rings (SSSR count). The van der Waals surface area contributed by atoms with Gasteiger partial charge in [0.15, 0.2) is 0 Å². The van der Waals surface area contributed by atoms with Crippen molar-refractivity contribution in [2.45, 2.75) is 13.3 Å². The normalized spacial score (nSPS) is 10.5. The first kappa shape index (κ1) is 18.5. The van der Waals surface area contributed by atoms with Gasteiger partial charge in [0.1, 0.15) is 23.0 Å². The summed E-state index contributed by atoms with van der Waals surface area (Å²) in [6.45, 7) is 2.54. The summed E-state index contributed by atoms with van der Waals surface area (Å²) in [4.78, 5) is 15.9. The number of pyridine rings is 1. The maximum Gasteiger partial charge on any atom is 0.310 e. The van der Waals surface area contributed by atoms with Crippen LogP contribution in [0.4, 0.5) is 0 Å². The fourth-order valence-electron chi connectivity index (χ4n) is 2.74. The maximum absolute atomic E-state index is 11.5. The monoisotopic (exact) mass is 367 g/mol. The molecular weight excluding hydrogens is 346 g/mol. The standard InChI is InChI=1S/C21H21NO5/c1-4-26-15-7-8-17-18(12-15)22-10-9-19(17)27-16-6-5-14(11-21(23)25-3)20(13-16)24-2/h5-10,12-13H,4,11H2,1-3H3. The molecule has 6 nitrogen and oxygen atoms in total. The van der Waals surface area contributed by atoms with Gasteiger partial charge in [0, 0.05) is 29.3 Å². The zero-order chi connectivity index (χ0) is 19.2. The second-order valence-corrected chi connectivity index (χ2v) is 5.75. The van der Waals surface area contributed by atoms with Crippen molar-refractivity contribution in [2.75, 3.05) is 20.8 Å². The molecular formula is C21H21NO5. The second kappa shape index (κ2) is 8.40. The molecule has 0 aliphatic carbocycles. The van der Waals surface area contributed by atoms with Crippen molar-refractivity contribution in [2.24, 2.45) is 0 Å². The molecule has 0 saturated carbocycles. The van der Waals surface area contributed by atoms with Crippen LogP contribution in [0, 0.1) is 0 Å². The van der Waals surface area contributed by atoms with E-state index in [1.165, 1.54) is 7.11 Å². The first-order chi connectivity index (χ1) is 13.1. The molecule has 0 saturated heterocycles. The Kier molecular flexibility index (Phi) is 5.76. The summed E-state index contributed by atoms with van der Waals surface area (Å²) in [6, 6.07) is 12.8. The number of esters is 1. The molecule has 0 spiro atoms. The number of carbonyl (C=O) groups excluding carboxylic acids is 1. The van der Waals surface area contributed by atoms with E-state index in [1.54, 1.807) is 37.6 Å². The molecule has 6 heteroatoms. The summed E-state index contributed by atoms with van der Waals surface area (Å²) in [5.41, 5.74) is 1.52. The van der Waals surface area contributed by atoms with Gasteiger partial charge in [-0.25, -0.2) is 0 Å². The number of rotatable bonds is 7. The number of ether oxygens (including phenoxy) is 4. The highest BCUT2D eigenvalue weighted by molar-refractivity contribution is 5.86. The quantitative estimate of drug-likeness (QED) is 0.585. The lowest BCUT2D eigenvalue weighted by molar-refractivity contribution is -0.139. The van der Waals surface area contributed by atoms with E-state index in [0.717, 1.165) is 22.2 Å². The largest absolute Gasteiger partial charge is 0.496 e. The van der Waals surface area contributed by atoms with Crippen LogP contribution in [-0.4, -0.2) is 31.8 Å². The Morgan fingerprint density at radius 1 is 1.00 bits per heavy atom. The van der Waals surface area contributed by atoms with Crippen molar-refractivity contribution in [3.63, 3.8) is 0 Å². The number of nitrogens with zero attached hydrogens (tertiary/aromatic N) is 1. The van der Waals surface area contributed by atoms with E-state index in [2.05, 4.69) is 4.98 Å². The van der Waals surface area contributed by atoms with Gasteiger partial charge < -0.3 is 18.9 Å². The Balaban J connectivity index is 1.89. The highest BCUT2D eigenvalue weighted by Gasteiger charge is 2.12. The van der Waals surface area contributed by atoms with Crippen LogP contribution >= 0.6 is 0 Å². The molecule has 0 amide bonds. The Bertz CT molecular complexity index is 954. The van der Waals surface area contributed by atoms with Crippen molar-refractivity contribution in [3.8, 4) is 23.0 Å². The number of hydrogen-bond acceptors (Lipinski definition) is 6. The Hall–Kier alpha value is -3.28. The molecule has 0 unspecified atom stereocenters. The van der Waals surface area contributed by atoms with E-state index in [1.807, 2.05) is 25.1 Å². The third-order valence-corrected chi connectivity index (χ3v) is 4.03. The summed E-state index contributed by atoms with van der Waals surface area (Å²) in [7, 11) is 2.91. The molecule has 140 valence electrons. The average molecular weight is 367 g/mol. The van der Waals surface area contributed by atoms with Crippen LogP contribution in [0.25, 0.3) is 10.9 Å². The van der Waals surface area contributed by atoms with Crippen molar-refractivity contribution < 1.29 is 23.7 Å². The molecule has 0 bridgehead atoms. The van der Waals surface area contributed by atoms with Gasteiger partial charge in [-0.05, 0) is 31.2 Å². The topological polar surface area (TPSA) is 66.9 Å². The minimum atomic E-state index is -0.327. The van der Waals surface area contributed by atoms with E-state index in [0.29, 0.717) is 23.9 Å². The lowest BCUT2D eigenvalue weighted by atomic mass is 10.1. The van der Waals surface area contributed by atoms with Gasteiger partial charge in [0.25, 0.3) is 0 Å². The summed E-state index contributed by atoms with van der Waals surface area (Å²) >= 11 is 0. The van der Waals surface area contributed by atoms with E-state index in [4.69, 9.17) is 18.9 Å². The van der Waals surface area contributed by atoms with Crippen LogP contribution in [0.15, 0.2) is 48.7 Å². The molecule has 1 aromatic heterocycles. The molecule has 0 N–H and O–H groups in total. The molecule has 0 aliphatic heterocycles. The molecule has 3 aromatic rings. The number of aromatic nitrogens is 1. The summed E-state index contributed by atoms with van der Waals surface area (Å²) in [5, 5.41) is 0.874. The zero-order valence-electron chi connectivity index (χ0n) is 15.5. The fraction of sp³-hybridized carbons (Fsp3) is 0.238. The molecule has 0 aliphatic rings. The lowest BCUT2D eigenvalue weighted by Gasteiger charge is -2.13. The molecule has 0 radical (unpaired) electrons. The van der Waals surface area contributed by atoms with Crippen molar-refractivity contribution >= 4 is 16.9 Å². The lowest BCUT2D eigenvalue weighted by Crippen LogP contribution is -2.05. The van der Waals surface area contributed by atoms with E-state index in [-0.39, 0.29) is 12.4 Å². The number of fused-ring (bicyclic) bond motifs is 1. The number of methoxy groups -OCH3 is 2. The molecule has 0 atom stereocenters. The number of benzene rings is 2. The molecule has 0 fully saturated rings. The van der Waals surface area contributed by atoms with Crippen molar-refractivity contribution in [3.05, 3.63) is 54.2 Å². The third-order valence-electron chi connectivity index (χ3n) is 4.03. The van der Waals surface area contributed by atoms with Gasteiger partial charge in [-0.2, -0.15) is 0 Å². The molecule has 27 heavy (non-hydrogen) atoms. The summed E-state index contributed by atoms with van der Waals surface area (Å²) in [5.74, 6) is 2.28. The Morgan fingerprint density at radius 2 is 1.81 bits per heavy atom. The third kappa shape index (κ3) is 4.28. The second-order valence-electron chi connectivity index (χ2n) is 5.75. The fourth-order valence-corrected chi connectivity index (χ4v) is 2.74. The highest BCUT2D eigenvalue weighted by atomic mass is 16.5. The summed E-state index contributed by atoms with van der Waals surface area (Å²) < 4.78 is 21.7. The van der Waals surface area contributed by atoms with Crippen LogP contribution in [0.1, 0.15) is 12.5 Å². The van der Waals surface area contributed by atoms with Crippen LogP contribution in [0.3, 0.4) is 0 Å². The van der Waals surface area contributed by atoms with Gasteiger partial charge in [-0.15, -0.1) is 0 Å². The summed E-state index contributed by atoms with van der Waals surface area (Å²) in [6.07, 6.45) is 1.83. The van der Waals surface area contributed by atoms with Crippen molar-refractivity contribution in [1.29, 1.82) is 0 Å². The predicted molar refractivity (Wildman–Crippen MR) is 102 cm³/mol. The zero-order valence-corrected chi connectivity index (χ0v) is 15.5. The number of carbonyl (C=O) groups is 1. The van der Waals surface area contributed by atoms with E-state index >= 15 is 0 Å². The van der Waals surface area contributed by atoms with Gasteiger partial charge in [-0.1, -0.05) is 6.07 Å². The smallest absolute Gasteiger partial charge is 0.310 e. The SMILES string of the molecule is CCOc1ccc2c(Oc3ccc(CC(=O)OC)c(OC)c3)ccnc2c1. The van der Waals surface area contributed by atoms with Crippen LogP contribution in [-0.2, 0) is 16.0 Å². The first-order valence-corrected chi connectivity index (χ1v) is 8.57. The number of hydrogen-bond donors (Lipinski definition) is 0. The maximum atomic E-state index is 11.5. The molecule has 2 aromatic carbocycles. The Morgan fingerprint density at radius 3 is 2.56 bits per heavy atom. The highest BCUT2D eigenvalue weighted by Crippen LogP contribution is 2.33. The Labute approximate surface area is 157 Å². The minimum absolute atomic E-state index is 0.137. The van der Waals surface area contributed by atoms with E-state index < -0.39 is 0 Å². The van der Waals surface area contributed by atoms with E-state index in [9.17, 15) is 4.79 Å². The van der Waals surface area contributed by atoms with Crippen LogP contribution in [0.2, 0.25) is 0 Å². The van der Waals surface area contributed by atoms with Gasteiger partial charge in [-0.3, -0.25) is 9.78 Å². The van der Waals surface area contributed by atoms with Gasteiger partial charge >= 0.3 is 5.97 Å².